The molecule has 0 unspecified atom stereocenters. The third-order valence-electron chi connectivity index (χ3n) is 3.43. The lowest BCUT2D eigenvalue weighted by molar-refractivity contribution is -0.131. The van der Waals surface area contributed by atoms with Gasteiger partial charge in [-0.15, -0.1) is 0 Å². The Balaban J connectivity index is 1.53. The number of rotatable bonds is 4. The second kappa shape index (κ2) is 5.90. The Labute approximate surface area is 122 Å². The molecule has 7 heteroatoms. The zero-order chi connectivity index (χ0) is 14.7. The van der Waals surface area contributed by atoms with Crippen LogP contribution in [0.2, 0.25) is 0 Å². The molecule has 1 aliphatic heterocycles. The first-order chi connectivity index (χ1) is 10.2. The summed E-state index contributed by atoms with van der Waals surface area (Å²) in [5.41, 5.74) is 1.10. The lowest BCUT2D eigenvalue weighted by Gasteiger charge is -2.16. The van der Waals surface area contributed by atoms with Gasteiger partial charge in [0.15, 0.2) is 0 Å². The molecule has 3 heterocycles. The van der Waals surface area contributed by atoms with Crippen LogP contribution < -0.4 is 4.74 Å². The molecule has 1 amide bonds. The van der Waals surface area contributed by atoms with Gasteiger partial charge in [-0.25, -0.2) is 14.6 Å². The normalized spacial score (nSPS) is 18.0. The minimum Gasteiger partial charge on any atom is -0.472 e. The van der Waals surface area contributed by atoms with Crippen molar-refractivity contribution >= 4 is 5.91 Å². The van der Waals surface area contributed by atoms with Crippen molar-refractivity contribution in [3.63, 3.8) is 0 Å². The molecule has 2 aromatic rings. The second-order valence-electron chi connectivity index (χ2n) is 5.14. The number of pyridine rings is 1. The Morgan fingerprint density at radius 2 is 2.38 bits per heavy atom. The van der Waals surface area contributed by atoms with Gasteiger partial charge in [-0.2, -0.15) is 5.10 Å². The van der Waals surface area contributed by atoms with E-state index >= 15 is 0 Å². The molecule has 3 rings (SSSR count). The largest absolute Gasteiger partial charge is 0.472 e. The number of hydrogen-bond acceptors (Lipinski definition) is 5. The van der Waals surface area contributed by atoms with E-state index in [0.717, 1.165) is 12.0 Å². The number of likely N-dealkylation sites (tertiary alicyclic amines) is 1. The lowest BCUT2D eigenvalue weighted by atomic mass is 10.3. The van der Waals surface area contributed by atoms with Crippen LogP contribution in [0, 0.1) is 6.92 Å². The van der Waals surface area contributed by atoms with Crippen LogP contribution in [0.1, 0.15) is 12.0 Å². The number of aryl methyl sites for hydroxylation is 1. The average Bonchev–Trinajstić information content (AvgIpc) is 3.13. The number of amides is 1. The van der Waals surface area contributed by atoms with E-state index in [0.29, 0.717) is 19.0 Å². The third-order valence-corrected chi connectivity index (χ3v) is 3.43. The summed E-state index contributed by atoms with van der Waals surface area (Å²) in [6, 6.07) is 3.82. The summed E-state index contributed by atoms with van der Waals surface area (Å²) < 4.78 is 7.33. The highest BCUT2D eigenvalue weighted by molar-refractivity contribution is 5.76. The molecule has 1 fully saturated rings. The first kappa shape index (κ1) is 13.5. The summed E-state index contributed by atoms with van der Waals surface area (Å²) in [6.07, 6.45) is 5.56. The molecule has 2 aromatic heterocycles. The van der Waals surface area contributed by atoms with E-state index in [1.807, 2.05) is 19.1 Å². The van der Waals surface area contributed by atoms with Crippen molar-refractivity contribution in [2.45, 2.75) is 26.0 Å². The van der Waals surface area contributed by atoms with Crippen molar-refractivity contribution in [1.82, 2.24) is 24.6 Å². The lowest BCUT2D eigenvalue weighted by Crippen LogP contribution is -2.33. The Bertz CT molecular complexity index is 596. The van der Waals surface area contributed by atoms with Gasteiger partial charge < -0.3 is 9.64 Å². The van der Waals surface area contributed by atoms with Gasteiger partial charge >= 0.3 is 0 Å². The number of carbonyl (C=O) groups excluding carboxylic acids is 1. The highest BCUT2D eigenvalue weighted by Gasteiger charge is 2.27. The van der Waals surface area contributed by atoms with E-state index in [1.165, 1.54) is 17.3 Å². The van der Waals surface area contributed by atoms with E-state index in [1.54, 1.807) is 11.1 Å². The van der Waals surface area contributed by atoms with E-state index < -0.39 is 0 Å². The van der Waals surface area contributed by atoms with Crippen molar-refractivity contribution in [1.29, 1.82) is 0 Å². The van der Waals surface area contributed by atoms with Gasteiger partial charge in [-0.1, -0.05) is 6.07 Å². The van der Waals surface area contributed by atoms with Crippen LogP contribution in [-0.4, -0.2) is 49.7 Å². The second-order valence-corrected chi connectivity index (χ2v) is 5.14. The molecular formula is C14H17N5O2. The molecule has 110 valence electrons. The van der Waals surface area contributed by atoms with Gasteiger partial charge in [0.05, 0.1) is 6.54 Å². The first-order valence-electron chi connectivity index (χ1n) is 6.90. The number of ether oxygens (including phenoxy) is 1. The summed E-state index contributed by atoms with van der Waals surface area (Å²) in [5.74, 6) is 0.639. The van der Waals surface area contributed by atoms with Crippen LogP contribution in [0.15, 0.2) is 31.0 Å². The standard InChI is InChI=1S/C14H17N5O2/c1-11-2-3-13(16-6-11)21-12-4-5-18(7-12)14(20)8-19-10-15-9-17-19/h2-3,6,9-10,12H,4-5,7-8H2,1H3/t12-/m1/s1. The van der Waals surface area contributed by atoms with Crippen LogP contribution in [0.25, 0.3) is 0 Å². The van der Waals surface area contributed by atoms with Crippen molar-refractivity contribution in [3.8, 4) is 5.88 Å². The molecule has 7 nitrogen and oxygen atoms in total. The Morgan fingerprint density at radius 1 is 1.48 bits per heavy atom. The summed E-state index contributed by atoms with van der Waals surface area (Å²) in [4.78, 5) is 22.0. The summed E-state index contributed by atoms with van der Waals surface area (Å²) in [6.45, 7) is 3.49. The Kier molecular flexibility index (Phi) is 3.81. The number of hydrogen-bond donors (Lipinski definition) is 0. The molecule has 0 aliphatic carbocycles. The summed E-state index contributed by atoms with van der Waals surface area (Å²) >= 11 is 0. The van der Waals surface area contributed by atoms with Gasteiger partial charge in [-0.3, -0.25) is 4.79 Å². The molecule has 0 aromatic carbocycles. The Morgan fingerprint density at radius 3 is 3.10 bits per heavy atom. The molecule has 0 spiro atoms. The maximum absolute atomic E-state index is 12.1. The first-order valence-corrected chi connectivity index (χ1v) is 6.90. The van der Waals surface area contributed by atoms with E-state index in [9.17, 15) is 4.79 Å². The molecule has 21 heavy (non-hydrogen) atoms. The fourth-order valence-electron chi connectivity index (χ4n) is 2.30. The van der Waals surface area contributed by atoms with Crippen LogP contribution in [0.4, 0.5) is 0 Å². The van der Waals surface area contributed by atoms with Crippen molar-refractivity contribution in [2.24, 2.45) is 0 Å². The fourth-order valence-corrected chi connectivity index (χ4v) is 2.30. The molecule has 0 bridgehead atoms. The maximum atomic E-state index is 12.1. The quantitative estimate of drug-likeness (QED) is 0.826. The van der Waals surface area contributed by atoms with Crippen molar-refractivity contribution in [2.75, 3.05) is 13.1 Å². The highest BCUT2D eigenvalue weighted by atomic mass is 16.5. The number of nitrogens with zero attached hydrogens (tertiary/aromatic N) is 5. The molecule has 1 aliphatic rings. The van der Waals surface area contributed by atoms with Gasteiger partial charge in [0, 0.05) is 25.2 Å². The third kappa shape index (κ3) is 3.36. The van der Waals surface area contributed by atoms with Gasteiger partial charge in [0.25, 0.3) is 0 Å². The average molecular weight is 287 g/mol. The van der Waals surface area contributed by atoms with Crippen molar-refractivity contribution in [3.05, 3.63) is 36.5 Å². The molecule has 1 saturated heterocycles. The molecule has 0 radical (unpaired) electrons. The van der Waals surface area contributed by atoms with E-state index in [4.69, 9.17) is 4.74 Å². The van der Waals surface area contributed by atoms with Gasteiger partial charge in [0.1, 0.15) is 25.3 Å². The predicted molar refractivity (Wildman–Crippen MR) is 74.6 cm³/mol. The topological polar surface area (TPSA) is 73.1 Å². The molecular weight excluding hydrogens is 270 g/mol. The van der Waals surface area contributed by atoms with Crippen LogP contribution in [0.3, 0.4) is 0 Å². The molecule has 0 N–H and O–H groups in total. The monoisotopic (exact) mass is 287 g/mol. The van der Waals surface area contributed by atoms with E-state index in [2.05, 4.69) is 15.1 Å². The van der Waals surface area contributed by atoms with Crippen LogP contribution in [-0.2, 0) is 11.3 Å². The summed E-state index contributed by atoms with van der Waals surface area (Å²) in [7, 11) is 0. The molecule has 1 atom stereocenters. The fraction of sp³-hybridized carbons (Fsp3) is 0.429. The minimum atomic E-state index is -0.0000902. The smallest absolute Gasteiger partial charge is 0.244 e. The van der Waals surface area contributed by atoms with Gasteiger partial charge in [-0.05, 0) is 12.5 Å². The van der Waals surface area contributed by atoms with Gasteiger partial charge in [0.2, 0.25) is 11.8 Å². The van der Waals surface area contributed by atoms with Crippen LogP contribution in [0.5, 0.6) is 5.88 Å². The predicted octanol–water partition coefficient (Wildman–Crippen LogP) is 0.661. The summed E-state index contributed by atoms with van der Waals surface area (Å²) in [5, 5.41) is 3.94. The zero-order valence-electron chi connectivity index (χ0n) is 11.8. The van der Waals surface area contributed by atoms with Crippen LogP contribution >= 0.6 is 0 Å². The zero-order valence-corrected chi connectivity index (χ0v) is 11.8. The number of carbonyl (C=O) groups is 1. The maximum Gasteiger partial charge on any atom is 0.244 e. The number of aromatic nitrogens is 4. The highest BCUT2D eigenvalue weighted by Crippen LogP contribution is 2.17. The Hall–Kier alpha value is -2.44. The molecule has 0 saturated carbocycles. The minimum absolute atomic E-state index is 0.0000902. The van der Waals surface area contributed by atoms with Crippen molar-refractivity contribution < 1.29 is 9.53 Å². The SMILES string of the molecule is Cc1ccc(O[C@@H]2CCN(C(=O)Cn3cncn3)C2)nc1. The van der Waals surface area contributed by atoms with E-state index in [-0.39, 0.29) is 18.6 Å².